The van der Waals surface area contributed by atoms with Crippen molar-refractivity contribution < 1.29 is 14.3 Å². The summed E-state index contributed by atoms with van der Waals surface area (Å²) in [7, 11) is 0. The average molecular weight is 356 g/mol. The number of likely N-dealkylation sites (tertiary alicyclic amines) is 2. The van der Waals surface area contributed by atoms with Crippen LogP contribution in [-0.4, -0.2) is 54.1 Å². The summed E-state index contributed by atoms with van der Waals surface area (Å²) >= 11 is 0. The van der Waals surface area contributed by atoms with Crippen LogP contribution in [0.1, 0.15) is 38.7 Å². The first-order chi connectivity index (χ1) is 12.5. The van der Waals surface area contributed by atoms with Gasteiger partial charge < -0.3 is 14.5 Å². The molecule has 0 saturated carbocycles. The van der Waals surface area contributed by atoms with Gasteiger partial charge >= 0.3 is 6.09 Å². The number of benzene rings is 1. The third kappa shape index (κ3) is 4.45. The normalized spacial score (nSPS) is 19.7. The molecule has 3 rings (SSSR count). The van der Waals surface area contributed by atoms with Gasteiger partial charge in [-0.3, -0.25) is 4.79 Å². The number of rotatable bonds is 4. The lowest BCUT2D eigenvalue weighted by molar-refractivity contribution is -0.127. The van der Waals surface area contributed by atoms with Crippen molar-refractivity contribution in [3.05, 3.63) is 42.0 Å². The number of carbonyl (C=O) groups excluding carboxylic acids is 2. The summed E-state index contributed by atoms with van der Waals surface area (Å²) in [5.41, 5.74) is 1.16. The highest BCUT2D eigenvalue weighted by molar-refractivity contribution is 5.80. The summed E-state index contributed by atoms with van der Waals surface area (Å²) in [6, 6.07) is 10.1. The molecule has 2 aliphatic heterocycles. The summed E-state index contributed by atoms with van der Waals surface area (Å²) < 4.78 is 5.28. The van der Waals surface area contributed by atoms with Gasteiger partial charge in [-0.1, -0.05) is 42.5 Å². The Kier molecular flexibility index (Phi) is 5.64. The number of ether oxygens (including phenoxy) is 1. The molecule has 2 heterocycles. The Morgan fingerprint density at radius 2 is 1.92 bits per heavy atom. The predicted molar refractivity (Wildman–Crippen MR) is 102 cm³/mol. The molecule has 0 aromatic heterocycles. The molecule has 140 valence electrons. The Morgan fingerprint density at radius 3 is 2.58 bits per heavy atom. The van der Waals surface area contributed by atoms with Crippen molar-refractivity contribution in [2.75, 3.05) is 26.2 Å². The Bertz CT molecular complexity index is 661. The number of amides is 2. The van der Waals surface area contributed by atoms with Crippen LogP contribution < -0.4 is 0 Å². The molecule has 1 aromatic rings. The number of hydrogen-bond donors (Lipinski definition) is 0. The minimum Gasteiger partial charge on any atom is -0.447 e. The SMILES string of the molecule is CC(C)OC(=O)N1CCC2(CC1)CC(=O)N(CC=Cc1ccccc1)C2. The second kappa shape index (κ2) is 7.94. The van der Waals surface area contributed by atoms with Crippen LogP contribution in [0.5, 0.6) is 0 Å². The molecular formula is C21H28N2O3. The Hall–Kier alpha value is -2.30. The fourth-order valence-electron chi connectivity index (χ4n) is 3.80. The molecule has 0 aliphatic carbocycles. The minimum atomic E-state index is -0.234. The van der Waals surface area contributed by atoms with Gasteiger partial charge in [0.05, 0.1) is 6.10 Å². The second-order valence-electron chi connectivity index (χ2n) is 7.68. The molecule has 2 amide bonds. The summed E-state index contributed by atoms with van der Waals surface area (Å²) in [6.07, 6.45) is 6.11. The van der Waals surface area contributed by atoms with E-state index >= 15 is 0 Å². The minimum absolute atomic E-state index is 0.0201. The van der Waals surface area contributed by atoms with E-state index in [2.05, 4.69) is 24.3 Å². The van der Waals surface area contributed by atoms with Gasteiger partial charge in [-0.15, -0.1) is 0 Å². The number of hydrogen-bond acceptors (Lipinski definition) is 3. The van der Waals surface area contributed by atoms with E-state index < -0.39 is 0 Å². The monoisotopic (exact) mass is 356 g/mol. The van der Waals surface area contributed by atoms with Crippen LogP contribution in [0.2, 0.25) is 0 Å². The molecule has 2 fully saturated rings. The van der Waals surface area contributed by atoms with E-state index in [1.807, 2.05) is 36.9 Å². The number of nitrogens with zero attached hydrogens (tertiary/aromatic N) is 2. The third-order valence-corrected chi connectivity index (χ3v) is 5.26. The topological polar surface area (TPSA) is 49.9 Å². The third-order valence-electron chi connectivity index (χ3n) is 5.26. The smallest absolute Gasteiger partial charge is 0.410 e. The molecule has 1 aromatic carbocycles. The van der Waals surface area contributed by atoms with Crippen molar-refractivity contribution in [1.82, 2.24) is 9.80 Å². The highest BCUT2D eigenvalue weighted by Crippen LogP contribution is 2.41. The molecule has 1 spiro atoms. The van der Waals surface area contributed by atoms with Gasteiger partial charge in [0.1, 0.15) is 0 Å². The fourth-order valence-corrected chi connectivity index (χ4v) is 3.80. The maximum atomic E-state index is 12.4. The van der Waals surface area contributed by atoms with E-state index in [1.54, 1.807) is 4.90 Å². The van der Waals surface area contributed by atoms with Gasteiger partial charge in [0.15, 0.2) is 0 Å². The summed E-state index contributed by atoms with van der Waals surface area (Å²) in [5, 5.41) is 0. The zero-order chi connectivity index (χ0) is 18.6. The van der Waals surface area contributed by atoms with Crippen LogP contribution in [0.4, 0.5) is 4.79 Å². The van der Waals surface area contributed by atoms with Crippen molar-refractivity contribution >= 4 is 18.1 Å². The fraction of sp³-hybridized carbons (Fsp3) is 0.524. The molecule has 5 nitrogen and oxygen atoms in total. The molecule has 2 aliphatic rings. The molecular weight excluding hydrogens is 328 g/mol. The Balaban J connectivity index is 1.51. The van der Waals surface area contributed by atoms with Crippen LogP contribution in [0, 0.1) is 5.41 Å². The Morgan fingerprint density at radius 1 is 1.23 bits per heavy atom. The van der Waals surface area contributed by atoms with Gasteiger partial charge in [-0.25, -0.2) is 4.79 Å². The molecule has 0 N–H and O–H groups in total. The number of carbonyl (C=O) groups is 2. The lowest BCUT2D eigenvalue weighted by Gasteiger charge is -2.38. The van der Waals surface area contributed by atoms with Crippen molar-refractivity contribution in [1.29, 1.82) is 0 Å². The van der Waals surface area contributed by atoms with Crippen molar-refractivity contribution in [2.45, 2.75) is 39.2 Å². The zero-order valence-electron chi connectivity index (χ0n) is 15.7. The van der Waals surface area contributed by atoms with Crippen LogP contribution in [0.25, 0.3) is 6.08 Å². The van der Waals surface area contributed by atoms with Gasteiger partial charge in [-0.2, -0.15) is 0 Å². The van der Waals surface area contributed by atoms with Crippen molar-refractivity contribution in [3.63, 3.8) is 0 Å². The summed E-state index contributed by atoms with van der Waals surface area (Å²) in [4.78, 5) is 28.2. The number of piperidine rings is 1. The summed E-state index contributed by atoms with van der Waals surface area (Å²) in [5.74, 6) is 0.223. The van der Waals surface area contributed by atoms with Crippen molar-refractivity contribution in [2.24, 2.45) is 5.41 Å². The van der Waals surface area contributed by atoms with E-state index in [9.17, 15) is 9.59 Å². The standard InChI is InChI=1S/C21H28N2O3/c1-17(2)26-20(25)22-13-10-21(11-14-22)15-19(24)23(16-21)12-6-9-18-7-4-3-5-8-18/h3-9,17H,10-16H2,1-2H3. The van der Waals surface area contributed by atoms with Gasteiger partial charge in [0.2, 0.25) is 5.91 Å². The lowest BCUT2D eigenvalue weighted by atomic mass is 9.78. The first kappa shape index (κ1) is 18.5. The first-order valence-corrected chi connectivity index (χ1v) is 9.42. The van der Waals surface area contributed by atoms with E-state index in [1.165, 1.54) is 0 Å². The van der Waals surface area contributed by atoms with Gasteiger partial charge in [0, 0.05) is 38.0 Å². The average Bonchev–Trinajstić information content (AvgIpc) is 2.91. The van der Waals surface area contributed by atoms with Crippen LogP contribution >= 0.6 is 0 Å². The van der Waals surface area contributed by atoms with Crippen LogP contribution in [-0.2, 0) is 9.53 Å². The molecule has 0 radical (unpaired) electrons. The second-order valence-corrected chi connectivity index (χ2v) is 7.68. The van der Waals surface area contributed by atoms with E-state index in [4.69, 9.17) is 4.74 Å². The largest absolute Gasteiger partial charge is 0.447 e. The van der Waals surface area contributed by atoms with E-state index in [-0.39, 0.29) is 23.5 Å². The molecule has 0 unspecified atom stereocenters. The lowest BCUT2D eigenvalue weighted by Crippen LogP contribution is -2.45. The van der Waals surface area contributed by atoms with Gasteiger partial charge in [0.25, 0.3) is 0 Å². The molecule has 5 heteroatoms. The maximum Gasteiger partial charge on any atom is 0.410 e. The molecule has 0 bridgehead atoms. The molecule has 2 saturated heterocycles. The van der Waals surface area contributed by atoms with Gasteiger partial charge in [-0.05, 0) is 32.3 Å². The maximum absolute atomic E-state index is 12.4. The van der Waals surface area contributed by atoms with E-state index in [0.29, 0.717) is 26.1 Å². The van der Waals surface area contributed by atoms with Crippen molar-refractivity contribution in [3.8, 4) is 0 Å². The molecule has 0 atom stereocenters. The Labute approximate surface area is 155 Å². The highest BCUT2D eigenvalue weighted by Gasteiger charge is 2.45. The quantitative estimate of drug-likeness (QED) is 0.829. The van der Waals surface area contributed by atoms with Crippen LogP contribution in [0.3, 0.4) is 0 Å². The first-order valence-electron chi connectivity index (χ1n) is 9.42. The molecule has 26 heavy (non-hydrogen) atoms. The zero-order valence-corrected chi connectivity index (χ0v) is 15.7. The predicted octanol–water partition coefficient (Wildman–Crippen LogP) is 3.56. The summed E-state index contributed by atoms with van der Waals surface area (Å²) in [6.45, 7) is 6.51. The van der Waals surface area contributed by atoms with E-state index in [0.717, 1.165) is 24.9 Å². The highest BCUT2D eigenvalue weighted by atomic mass is 16.6. The van der Waals surface area contributed by atoms with Crippen LogP contribution in [0.15, 0.2) is 36.4 Å².